The average Bonchev–Trinajstić information content (AvgIpc) is 3.43. The summed E-state index contributed by atoms with van der Waals surface area (Å²) in [5, 5.41) is 72.4. The van der Waals surface area contributed by atoms with Crippen LogP contribution in [0.1, 0.15) is 219 Å². The quantitative estimate of drug-likeness (QED) is 0.0172. The highest BCUT2D eigenvalue weighted by Gasteiger charge is 2.47. The van der Waals surface area contributed by atoms with Gasteiger partial charge in [-0.15, -0.1) is 0 Å². The van der Waals surface area contributed by atoms with E-state index in [1.807, 2.05) is 0 Å². The zero-order valence-electron chi connectivity index (χ0n) is 47.9. The second-order valence-electron chi connectivity index (χ2n) is 21.2. The maximum absolute atomic E-state index is 13.1. The second-order valence-corrected chi connectivity index (χ2v) is 21.2. The molecule has 2 aliphatic heterocycles. The Balaban J connectivity index is 1.72. The highest BCUT2D eigenvalue weighted by Crippen LogP contribution is 2.27. The number of aliphatic hydroxyl groups excluding tert-OH is 7. The minimum absolute atomic E-state index is 0.0501. The van der Waals surface area contributed by atoms with Crippen LogP contribution in [-0.4, -0.2) is 142 Å². The topological polar surface area (TPSA) is 214 Å². The summed E-state index contributed by atoms with van der Waals surface area (Å²) in [6, 6.07) is 0. The van der Waals surface area contributed by atoms with Crippen LogP contribution in [0, 0.1) is 0 Å². The molecule has 0 aliphatic carbocycles. The molecule has 2 fully saturated rings. The van der Waals surface area contributed by atoms with E-state index in [0.717, 1.165) is 83.5 Å². The molecule has 11 unspecified atom stereocenters. The summed E-state index contributed by atoms with van der Waals surface area (Å²) in [5.41, 5.74) is 0. The molecule has 2 rings (SSSR count). The fourth-order valence-corrected chi connectivity index (χ4v) is 9.35. The Morgan fingerprint density at radius 2 is 0.844 bits per heavy atom. The molecule has 0 aromatic carbocycles. The van der Waals surface area contributed by atoms with Crippen LogP contribution < -0.4 is 0 Å². The van der Waals surface area contributed by atoms with E-state index in [9.17, 15) is 40.5 Å². The minimum atomic E-state index is -1.71. The third-order valence-corrected chi connectivity index (χ3v) is 14.2. The summed E-state index contributed by atoms with van der Waals surface area (Å²) in [4.78, 5) is 13.1. The van der Waals surface area contributed by atoms with E-state index in [-0.39, 0.29) is 19.6 Å². The van der Waals surface area contributed by atoms with E-state index in [1.54, 1.807) is 0 Å². The zero-order chi connectivity index (χ0) is 55.8. The van der Waals surface area contributed by atoms with Crippen molar-refractivity contribution in [1.29, 1.82) is 0 Å². The Morgan fingerprint density at radius 3 is 1.32 bits per heavy atom. The first-order valence-electron chi connectivity index (χ1n) is 30.5. The molecule has 11 atom stereocenters. The third-order valence-electron chi connectivity index (χ3n) is 14.2. The van der Waals surface area contributed by atoms with E-state index in [2.05, 4.69) is 86.8 Å². The van der Waals surface area contributed by atoms with Crippen molar-refractivity contribution in [3.8, 4) is 0 Å². The zero-order valence-corrected chi connectivity index (χ0v) is 47.9. The van der Waals surface area contributed by atoms with Crippen molar-refractivity contribution in [3.05, 3.63) is 72.9 Å². The van der Waals surface area contributed by atoms with E-state index in [4.69, 9.17) is 28.4 Å². The largest absolute Gasteiger partial charge is 0.457 e. The monoisotopic (exact) mass is 1090 g/mol. The number of rotatable bonds is 49. The Bertz CT molecular complexity index is 1550. The molecule has 0 radical (unpaired) electrons. The van der Waals surface area contributed by atoms with Gasteiger partial charge in [-0.1, -0.05) is 222 Å². The molecular weight excluding hydrogens is 981 g/mol. The van der Waals surface area contributed by atoms with Crippen LogP contribution in [-0.2, 0) is 33.2 Å². The number of hydrogen-bond donors (Lipinski definition) is 7. The number of carbonyl (C=O) groups is 1. The summed E-state index contributed by atoms with van der Waals surface area (Å²) < 4.78 is 34.4. The number of carbonyl (C=O) groups excluding carboxylic acids is 1. The van der Waals surface area contributed by atoms with Crippen molar-refractivity contribution < 1.29 is 69.0 Å². The predicted molar refractivity (Wildman–Crippen MR) is 307 cm³/mol. The lowest BCUT2D eigenvalue weighted by molar-refractivity contribution is -0.332. The van der Waals surface area contributed by atoms with Crippen LogP contribution in [0.3, 0.4) is 0 Å². The van der Waals surface area contributed by atoms with Crippen LogP contribution in [0.15, 0.2) is 72.9 Å². The number of aliphatic hydroxyl groups is 7. The smallest absolute Gasteiger partial charge is 0.306 e. The first-order valence-corrected chi connectivity index (χ1v) is 30.5. The third kappa shape index (κ3) is 35.7. The van der Waals surface area contributed by atoms with E-state index in [0.29, 0.717) is 13.0 Å². The first kappa shape index (κ1) is 70.5. The van der Waals surface area contributed by atoms with Gasteiger partial charge in [-0.3, -0.25) is 4.79 Å². The van der Waals surface area contributed by atoms with Gasteiger partial charge in [-0.2, -0.15) is 0 Å². The molecule has 0 saturated carbocycles. The Kier molecular flexibility index (Phi) is 45.1. The van der Waals surface area contributed by atoms with Gasteiger partial charge in [0.1, 0.15) is 54.9 Å². The predicted octanol–water partition coefficient (Wildman–Crippen LogP) is 11.4. The van der Waals surface area contributed by atoms with Gasteiger partial charge in [-0.25, -0.2) is 0 Å². The summed E-state index contributed by atoms with van der Waals surface area (Å²) in [6.07, 6.45) is 46.7. The normalized spacial score (nSPS) is 24.8. The Labute approximate surface area is 466 Å². The minimum Gasteiger partial charge on any atom is -0.457 e. The molecule has 2 saturated heterocycles. The molecule has 2 heterocycles. The van der Waals surface area contributed by atoms with Crippen molar-refractivity contribution in [3.63, 3.8) is 0 Å². The van der Waals surface area contributed by atoms with Gasteiger partial charge in [0, 0.05) is 13.0 Å². The SMILES string of the molecule is CC/C=C\C/C=C\C/C=C\C/C=C\C/C=C\C/C=C\CCCCCCC(=O)OC(COCCCCCCCCCCCCCCCCCCCCCC)COC1OC(COC2OC(CO)C(O)C(O)C2O)C(O)C(O)C1O. The van der Waals surface area contributed by atoms with Crippen molar-refractivity contribution >= 4 is 5.97 Å². The molecule has 446 valence electrons. The molecule has 7 N–H and O–H groups in total. The van der Waals surface area contributed by atoms with Crippen molar-refractivity contribution in [2.75, 3.05) is 33.0 Å². The van der Waals surface area contributed by atoms with E-state index in [1.165, 1.54) is 109 Å². The van der Waals surface area contributed by atoms with Crippen LogP contribution in [0.2, 0.25) is 0 Å². The summed E-state index contributed by atoms with van der Waals surface area (Å²) in [5.74, 6) is -0.399. The molecule has 2 aliphatic rings. The van der Waals surface area contributed by atoms with Crippen LogP contribution in [0.4, 0.5) is 0 Å². The molecule has 77 heavy (non-hydrogen) atoms. The van der Waals surface area contributed by atoms with Crippen LogP contribution in [0.5, 0.6) is 0 Å². The van der Waals surface area contributed by atoms with Crippen molar-refractivity contribution in [1.82, 2.24) is 0 Å². The lowest BCUT2D eigenvalue weighted by atomic mass is 9.98. The molecule has 14 heteroatoms. The lowest BCUT2D eigenvalue weighted by Gasteiger charge is -2.42. The fraction of sp³-hybridized carbons (Fsp3) is 0.794. The lowest BCUT2D eigenvalue weighted by Crippen LogP contribution is -2.61. The first-order chi connectivity index (χ1) is 37.6. The maximum Gasteiger partial charge on any atom is 0.306 e. The van der Waals surface area contributed by atoms with Crippen LogP contribution in [0.25, 0.3) is 0 Å². The van der Waals surface area contributed by atoms with E-state index < -0.39 is 86.7 Å². The van der Waals surface area contributed by atoms with Crippen molar-refractivity contribution in [2.45, 2.75) is 287 Å². The van der Waals surface area contributed by atoms with Crippen molar-refractivity contribution in [2.24, 2.45) is 0 Å². The van der Waals surface area contributed by atoms with Gasteiger partial charge in [0.25, 0.3) is 0 Å². The highest BCUT2D eigenvalue weighted by atomic mass is 16.7. The number of hydrogen-bond acceptors (Lipinski definition) is 14. The molecule has 0 aromatic heterocycles. The average molecular weight is 1090 g/mol. The molecule has 0 amide bonds. The molecule has 0 bridgehead atoms. The number of unbranched alkanes of at least 4 members (excludes halogenated alkanes) is 23. The fourth-order valence-electron chi connectivity index (χ4n) is 9.35. The summed E-state index contributed by atoms with van der Waals surface area (Å²) >= 11 is 0. The van der Waals surface area contributed by atoms with Gasteiger partial charge in [0.15, 0.2) is 12.6 Å². The Morgan fingerprint density at radius 1 is 0.442 bits per heavy atom. The number of esters is 1. The Hall–Kier alpha value is -2.57. The van der Waals surface area contributed by atoms with Gasteiger partial charge in [0.2, 0.25) is 0 Å². The van der Waals surface area contributed by atoms with Crippen LogP contribution >= 0.6 is 0 Å². The number of allylic oxidation sites excluding steroid dienone is 12. The van der Waals surface area contributed by atoms with Gasteiger partial charge < -0.3 is 64.2 Å². The molecule has 0 spiro atoms. The highest BCUT2D eigenvalue weighted by molar-refractivity contribution is 5.69. The van der Waals surface area contributed by atoms with E-state index >= 15 is 0 Å². The second kappa shape index (κ2) is 49.3. The summed E-state index contributed by atoms with van der Waals surface area (Å²) in [6.45, 7) is 3.57. The maximum atomic E-state index is 13.1. The van der Waals surface area contributed by atoms with Gasteiger partial charge >= 0.3 is 5.97 Å². The summed E-state index contributed by atoms with van der Waals surface area (Å²) in [7, 11) is 0. The van der Waals surface area contributed by atoms with Gasteiger partial charge in [-0.05, 0) is 64.2 Å². The standard InChI is InChI=1S/C63H110O14/c1-3-5-7-9-11-13-15-17-19-21-23-25-26-27-28-30-32-34-36-38-40-42-44-46-55(65)75-52(49-72-47-45-43-41-39-37-35-33-31-29-24-22-20-18-16-14-12-10-8-6-4-2)50-73-62-61(71)59(69)57(67)54(77-62)51-74-63-60(70)58(68)56(66)53(48-64)76-63/h5,7,11,13,17,19,23,25,27-28,32,34,52-54,56-64,66-71H,3-4,6,8-10,12,14-16,18,20-22,24,26,29-31,33,35-51H2,1-2H3/b7-5-,13-11-,19-17-,25-23-,28-27-,34-32-. The molecular formula is C63H110O14. The number of ether oxygens (including phenoxy) is 6. The molecule has 14 nitrogen and oxygen atoms in total. The molecule has 0 aromatic rings. The van der Waals surface area contributed by atoms with Gasteiger partial charge in [0.05, 0.1) is 26.4 Å².